The molecule has 0 bridgehead atoms. The lowest BCUT2D eigenvalue weighted by molar-refractivity contribution is 0.0833. The van der Waals surface area contributed by atoms with E-state index in [1.807, 2.05) is 48.5 Å². The first-order chi connectivity index (χ1) is 16.7. The molecular formula is C27H30FN5O. The predicted molar refractivity (Wildman–Crippen MR) is 132 cm³/mol. The maximum Gasteiger partial charge on any atom is 0.204 e. The number of ether oxygens (including phenoxy) is 1. The lowest BCUT2D eigenvalue weighted by atomic mass is 10.1. The number of hydrogen-bond acceptors (Lipinski definition) is 5. The van der Waals surface area contributed by atoms with Gasteiger partial charge in [0.1, 0.15) is 5.82 Å². The Morgan fingerprint density at radius 1 is 0.971 bits per heavy atom. The summed E-state index contributed by atoms with van der Waals surface area (Å²) in [6.45, 7) is 4.91. The van der Waals surface area contributed by atoms with Gasteiger partial charge in [-0.05, 0) is 54.8 Å². The van der Waals surface area contributed by atoms with Crippen LogP contribution in [0.2, 0.25) is 0 Å². The predicted octanol–water partition coefficient (Wildman–Crippen LogP) is 4.71. The first kappa shape index (κ1) is 22.5. The number of nitrogens with one attached hydrogen (secondary N) is 1. The van der Waals surface area contributed by atoms with E-state index in [1.165, 1.54) is 12.1 Å². The summed E-state index contributed by atoms with van der Waals surface area (Å²) >= 11 is 0. The molecule has 2 aromatic heterocycles. The number of nitrogens with zero attached hydrogens (tertiary/aromatic N) is 4. The molecule has 1 fully saturated rings. The molecule has 0 atom stereocenters. The first-order valence-corrected chi connectivity index (χ1v) is 11.9. The molecule has 4 aromatic rings. The molecule has 1 aliphatic heterocycles. The highest BCUT2D eigenvalue weighted by Gasteiger charge is 2.21. The van der Waals surface area contributed by atoms with Crippen LogP contribution in [0.3, 0.4) is 0 Å². The van der Waals surface area contributed by atoms with Gasteiger partial charge >= 0.3 is 0 Å². The molecule has 0 aliphatic carbocycles. The Morgan fingerprint density at radius 3 is 2.56 bits per heavy atom. The number of likely N-dealkylation sites (tertiary alicyclic amines) is 1. The van der Waals surface area contributed by atoms with Crippen molar-refractivity contribution >= 4 is 17.0 Å². The number of rotatable bonds is 9. The average molecular weight is 460 g/mol. The fraction of sp³-hybridized carbons (Fsp3) is 0.333. The molecule has 5 rings (SSSR count). The van der Waals surface area contributed by atoms with Crippen molar-refractivity contribution in [2.24, 2.45) is 0 Å². The SMILES string of the molecule is Fc1ccc(Cn2c(NC3CCN(CCOCc4ccccn4)CC3)nc3ccccc32)cc1. The molecule has 6 nitrogen and oxygen atoms in total. The van der Waals surface area contributed by atoms with Gasteiger partial charge in [0, 0.05) is 31.9 Å². The van der Waals surface area contributed by atoms with E-state index in [0.717, 1.165) is 60.7 Å². The Labute approximate surface area is 199 Å². The summed E-state index contributed by atoms with van der Waals surface area (Å²) in [5.74, 6) is 0.661. The minimum Gasteiger partial charge on any atom is -0.374 e. The molecule has 0 unspecified atom stereocenters. The molecule has 1 N–H and O–H groups in total. The first-order valence-electron chi connectivity index (χ1n) is 11.9. The zero-order chi connectivity index (χ0) is 23.2. The number of para-hydroxylation sites is 2. The van der Waals surface area contributed by atoms with E-state index in [-0.39, 0.29) is 5.82 Å². The third-order valence-electron chi connectivity index (χ3n) is 6.36. The van der Waals surface area contributed by atoms with Gasteiger partial charge in [0.2, 0.25) is 5.95 Å². The minimum absolute atomic E-state index is 0.216. The van der Waals surface area contributed by atoms with Crippen molar-refractivity contribution in [2.45, 2.75) is 32.0 Å². The van der Waals surface area contributed by atoms with E-state index in [4.69, 9.17) is 9.72 Å². The molecule has 0 saturated carbocycles. The largest absolute Gasteiger partial charge is 0.374 e. The van der Waals surface area contributed by atoms with Gasteiger partial charge in [0.25, 0.3) is 0 Å². The van der Waals surface area contributed by atoms with Crippen LogP contribution in [0.25, 0.3) is 11.0 Å². The molecule has 2 aromatic carbocycles. The van der Waals surface area contributed by atoms with E-state index in [0.29, 0.717) is 25.8 Å². The second-order valence-corrected chi connectivity index (χ2v) is 8.77. The van der Waals surface area contributed by atoms with Crippen LogP contribution < -0.4 is 5.32 Å². The van der Waals surface area contributed by atoms with Crippen LogP contribution in [0, 0.1) is 5.82 Å². The number of piperidine rings is 1. The average Bonchev–Trinajstić information content (AvgIpc) is 3.21. The Hall–Kier alpha value is -3.29. The molecule has 0 amide bonds. The minimum atomic E-state index is -0.216. The molecular weight excluding hydrogens is 429 g/mol. The molecule has 0 radical (unpaired) electrons. The smallest absolute Gasteiger partial charge is 0.204 e. The standard InChI is InChI=1S/C27H30FN5O/c28-22-10-8-21(9-11-22)19-33-26-7-2-1-6-25(26)31-27(33)30-23-12-15-32(16-13-23)17-18-34-20-24-5-3-4-14-29-24/h1-11,14,23H,12-13,15-20H2,(H,30,31). The monoisotopic (exact) mass is 459 g/mol. The zero-order valence-corrected chi connectivity index (χ0v) is 19.2. The number of hydrogen-bond donors (Lipinski definition) is 1. The lowest BCUT2D eigenvalue weighted by Crippen LogP contribution is -2.40. The number of fused-ring (bicyclic) bond motifs is 1. The fourth-order valence-corrected chi connectivity index (χ4v) is 4.46. The highest BCUT2D eigenvalue weighted by Crippen LogP contribution is 2.24. The maximum absolute atomic E-state index is 13.4. The van der Waals surface area contributed by atoms with Crippen LogP contribution in [-0.2, 0) is 17.9 Å². The summed E-state index contributed by atoms with van der Waals surface area (Å²) < 4.78 is 21.4. The molecule has 1 aliphatic rings. The Balaban J connectivity index is 1.16. The highest BCUT2D eigenvalue weighted by molar-refractivity contribution is 5.78. The summed E-state index contributed by atoms with van der Waals surface area (Å²) in [6, 6.07) is 21.1. The summed E-state index contributed by atoms with van der Waals surface area (Å²) in [5.41, 5.74) is 4.06. The molecule has 34 heavy (non-hydrogen) atoms. The molecule has 3 heterocycles. The number of halogens is 1. The van der Waals surface area contributed by atoms with Crippen LogP contribution in [0.5, 0.6) is 0 Å². The van der Waals surface area contributed by atoms with E-state index >= 15 is 0 Å². The summed E-state index contributed by atoms with van der Waals surface area (Å²) in [7, 11) is 0. The number of pyridine rings is 1. The van der Waals surface area contributed by atoms with Gasteiger partial charge in [0.05, 0.1) is 36.5 Å². The van der Waals surface area contributed by atoms with Crippen molar-refractivity contribution < 1.29 is 9.13 Å². The van der Waals surface area contributed by atoms with Crippen LogP contribution in [0.4, 0.5) is 10.3 Å². The van der Waals surface area contributed by atoms with Gasteiger partial charge in [-0.25, -0.2) is 9.37 Å². The quantitative estimate of drug-likeness (QED) is 0.367. The molecule has 0 spiro atoms. The second kappa shape index (κ2) is 10.8. The van der Waals surface area contributed by atoms with Gasteiger partial charge < -0.3 is 19.5 Å². The Kier molecular flexibility index (Phi) is 7.12. The summed E-state index contributed by atoms with van der Waals surface area (Å²) in [5, 5.41) is 3.69. The number of imidazole rings is 1. The fourth-order valence-electron chi connectivity index (χ4n) is 4.46. The van der Waals surface area contributed by atoms with Crippen molar-refractivity contribution in [1.29, 1.82) is 0 Å². The normalized spacial score (nSPS) is 15.1. The van der Waals surface area contributed by atoms with Gasteiger partial charge in [0.15, 0.2) is 0 Å². The Bertz CT molecular complexity index is 1190. The van der Waals surface area contributed by atoms with E-state index < -0.39 is 0 Å². The Morgan fingerprint density at radius 2 is 1.76 bits per heavy atom. The number of benzene rings is 2. The molecule has 7 heteroatoms. The van der Waals surface area contributed by atoms with Gasteiger partial charge in [-0.3, -0.25) is 4.98 Å². The van der Waals surface area contributed by atoms with Crippen molar-refractivity contribution in [3.63, 3.8) is 0 Å². The summed E-state index contributed by atoms with van der Waals surface area (Å²) in [6.07, 6.45) is 3.91. The zero-order valence-electron chi connectivity index (χ0n) is 19.2. The molecule has 176 valence electrons. The van der Waals surface area contributed by atoms with Gasteiger partial charge in [-0.1, -0.05) is 30.3 Å². The van der Waals surface area contributed by atoms with Crippen molar-refractivity contribution in [3.05, 3.63) is 90.0 Å². The van der Waals surface area contributed by atoms with Crippen molar-refractivity contribution in [2.75, 3.05) is 31.6 Å². The third kappa shape index (κ3) is 5.61. The van der Waals surface area contributed by atoms with E-state index in [1.54, 1.807) is 6.20 Å². The number of aromatic nitrogens is 3. The maximum atomic E-state index is 13.4. The third-order valence-corrected chi connectivity index (χ3v) is 6.36. The van der Waals surface area contributed by atoms with Crippen LogP contribution in [0.1, 0.15) is 24.1 Å². The van der Waals surface area contributed by atoms with Crippen molar-refractivity contribution in [3.8, 4) is 0 Å². The highest BCUT2D eigenvalue weighted by atomic mass is 19.1. The van der Waals surface area contributed by atoms with Crippen LogP contribution in [-0.4, -0.2) is 51.7 Å². The van der Waals surface area contributed by atoms with Gasteiger partial charge in [-0.2, -0.15) is 0 Å². The second-order valence-electron chi connectivity index (χ2n) is 8.77. The van der Waals surface area contributed by atoms with Crippen LogP contribution >= 0.6 is 0 Å². The van der Waals surface area contributed by atoms with Gasteiger partial charge in [-0.15, -0.1) is 0 Å². The van der Waals surface area contributed by atoms with Crippen molar-refractivity contribution in [1.82, 2.24) is 19.4 Å². The lowest BCUT2D eigenvalue weighted by Gasteiger charge is -2.32. The molecule has 1 saturated heterocycles. The summed E-state index contributed by atoms with van der Waals surface area (Å²) in [4.78, 5) is 11.6. The van der Waals surface area contributed by atoms with E-state index in [9.17, 15) is 4.39 Å². The van der Waals surface area contributed by atoms with Crippen LogP contribution in [0.15, 0.2) is 72.9 Å². The number of anilines is 1. The van der Waals surface area contributed by atoms with E-state index in [2.05, 4.69) is 25.8 Å². The topological polar surface area (TPSA) is 55.2 Å².